The summed E-state index contributed by atoms with van der Waals surface area (Å²) in [5.74, 6) is 0.992. The molecule has 0 amide bonds. The Labute approximate surface area is 98.9 Å². The first-order valence-electron chi connectivity index (χ1n) is 6.17. The molecule has 1 fully saturated rings. The number of ether oxygens (including phenoxy) is 2. The molecular weight excluding hydrogens is 204 g/mol. The van der Waals surface area contributed by atoms with Gasteiger partial charge >= 0.3 is 0 Å². The fraction of sp³-hybridized carbons (Fsp3) is 1.00. The van der Waals surface area contributed by atoms with Gasteiger partial charge in [0.1, 0.15) is 0 Å². The summed E-state index contributed by atoms with van der Waals surface area (Å²) in [4.78, 5) is 0. The van der Waals surface area contributed by atoms with Gasteiger partial charge in [-0.2, -0.15) is 0 Å². The molecule has 1 rings (SSSR count). The van der Waals surface area contributed by atoms with Gasteiger partial charge in [0.15, 0.2) is 6.29 Å². The standard InChI is InChI=1S/C12H26N2O2/c1-12(9-13,11(15-2)16-3)14-8-4-5-10-6-7-10/h10-11,14H,4-9,13H2,1-3H3. The number of methoxy groups -OCH3 is 2. The number of hydrogen-bond acceptors (Lipinski definition) is 4. The highest BCUT2D eigenvalue weighted by atomic mass is 16.7. The minimum atomic E-state index is -0.299. The molecule has 0 aromatic carbocycles. The van der Waals surface area contributed by atoms with Crippen molar-refractivity contribution in [1.29, 1.82) is 0 Å². The maximum atomic E-state index is 5.79. The van der Waals surface area contributed by atoms with Crippen LogP contribution < -0.4 is 11.1 Å². The Balaban J connectivity index is 2.26. The number of nitrogens with two attached hydrogens (primary N) is 1. The minimum Gasteiger partial charge on any atom is -0.354 e. The van der Waals surface area contributed by atoms with Crippen molar-refractivity contribution in [2.75, 3.05) is 27.3 Å². The lowest BCUT2D eigenvalue weighted by molar-refractivity contribution is -0.149. The fourth-order valence-corrected chi connectivity index (χ4v) is 2.04. The van der Waals surface area contributed by atoms with Crippen molar-refractivity contribution >= 4 is 0 Å². The first-order valence-corrected chi connectivity index (χ1v) is 6.17. The highest BCUT2D eigenvalue weighted by Gasteiger charge is 2.33. The lowest BCUT2D eigenvalue weighted by atomic mass is 10.0. The molecule has 0 aromatic rings. The predicted octanol–water partition coefficient (Wildman–Crippen LogP) is 1.10. The molecule has 0 saturated heterocycles. The highest BCUT2D eigenvalue weighted by Crippen LogP contribution is 2.33. The number of hydrogen-bond donors (Lipinski definition) is 2. The molecule has 0 aromatic heterocycles. The SMILES string of the molecule is COC(OC)C(C)(CN)NCCCC1CC1. The summed E-state index contributed by atoms with van der Waals surface area (Å²) in [7, 11) is 3.29. The molecule has 96 valence electrons. The van der Waals surface area contributed by atoms with E-state index in [4.69, 9.17) is 15.2 Å². The Kier molecular flexibility index (Phi) is 5.69. The van der Waals surface area contributed by atoms with Crippen LogP contribution in [0.1, 0.15) is 32.6 Å². The van der Waals surface area contributed by atoms with Gasteiger partial charge in [-0.3, -0.25) is 0 Å². The zero-order valence-corrected chi connectivity index (χ0v) is 10.8. The monoisotopic (exact) mass is 230 g/mol. The molecule has 0 spiro atoms. The van der Waals surface area contributed by atoms with Crippen molar-refractivity contribution < 1.29 is 9.47 Å². The van der Waals surface area contributed by atoms with Gasteiger partial charge in [0.25, 0.3) is 0 Å². The summed E-state index contributed by atoms with van der Waals surface area (Å²) in [5.41, 5.74) is 5.49. The normalized spacial score (nSPS) is 20.1. The van der Waals surface area contributed by atoms with Gasteiger partial charge in [0, 0.05) is 20.8 Å². The van der Waals surface area contributed by atoms with Crippen molar-refractivity contribution in [3.05, 3.63) is 0 Å². The van der Waals surface area contributed by atoms with Gasteiger partial charge in [0.2, 0.25) is 0 Å². The highest BCUT2D eigenvalue weighted by molar-refractivity contribution is 4.88. The van der Waals surface area contributed by atoms with Gasteiger partial charge < -0.3 is 20.5 Å². The quantitative estimate of drug-likeness (QED) is 0.460. The van der Waals surface area contributed by atoms with E-state index >= 15 is 0 Å². The molecule has 16 heavy (non-hydrogen) atoms. The molecule has 0 heterocycles. The summed E-state index contributed by atoms with van der Waals surface area (Å²) in [6.45, 7) is 3.53. The third-order valence-electron chi connectivity index (χ3n) is 3.39. The van der Waals surface area contributed by atoms with E-state index in [1.807, 2.05) is 6.92 Å². The van der Waals surface area contributed by atoms with Crippen LogP contribution in [-0.4, -0.2) is 39.1 Å². The molecule has 3 N–H and O–H groups in total. The van der Waals surface area contributed by atoms with Crippen LogP contribution in [0, 0.1) is 5.92 Å². The van der Waals surface area contributed by atoms with E-state index in [-0.39, 0.29) is 11.8 Å². The van der Waals surface area contributed by atoms with Crippen molar-refractivity contribution in [2.24, 2.45) is 11.7 Å². The second-order valence-corrected chi connectivity index (χ2v) is 4.94. The average Bonchev–Trinajstić information content (AvgIpc) is 3.10. The van der Waals surface area contributed by atoms with Crippen LogP contribution in [0.15, 0.2) is 0 Å². The second-order valence-electron chi connectivity index (χ2n) is 4.94. The van der Waals surface area contributed by atoms with Gasteiger partial charge in [-0.05, 0) is 32.2 Å². The topological polar surface area (TPSA) is 56.5 Å². The smallest absolute Gasteiger partial charge is 0.175 e. The van der Waals surface area contributed by atoms with Crippen LogP contribution in [0.5, 0.6) is 0 Å². The summed E-state index contributed by atoms with van der Waals surface area (Å²) in [6.07, 6.45) is 5.09. The van der Waals surface area contributed by atoms with Crippen molar-refractivity contribution in [1.82, 2.24) is 5.32 Å². The number of nitrogens with one attached hydrogen (secondary N) is 1. The van der Waals surface area contributed by atoms with Crippen LogP contribution in [0.2, 0.25) is 0 Å². The van der Waals surface area contributed by atoms with E-state index < -0.39 is 0 Å². The summed E-state index contributed by atoms with van der Waals surface area (Å²) >= 11 is 0. The zero-order valence-electron chi connectivity index (χ0n) is 10.8. The largest absolute Gasteiger partial charge is 0.354 e. The lowest BCUT2D eigenvalue weighted by Crippen LogP contribution is -2.58. The molecule has 1 aliphatic rings. The summed E-state index contributed by atoms with van der Waals surface area (Å²) in [6, 6.07) is 0. The van der Waals surface area contributed by atoms with Crippen LogP contribution in [0.3, 0.4) is 0 Å². The first kappa shape index (κ1) is 13.9. The molecule has 1 unspecified atom stereocenters. The molecule has 0 radical (unpaired) electrons. The minimum absolute atomic E-state index is 0.293. The van der Waals surface area contributed by atoms with E-state index in [0.717, 1.165) is 12.5 Å². The van der Waals surface area contributed by atoms with Crippen LogP contribution in [0.4, 0.5) is 0 Å². The third kappa shape index (κ3) is 4.01. The maximum absolute atomic E-state index is 5.79. The van der Waals surface area contributed by atoms with Gasteiger partial charge in [0.05, 0.1) is 5.54 Å². The number of rotatable bonds is 9. The third-order valence-corrected chi connectivity index (χ3v) is 3.39. The Morgan fingerprint density at radius 2 is 2.00 bits per heavy atom. The fourth-order valence-electron chi connectivity index (χ4n) is 2.04. The van der Waals surface area contributed by atoms with Crippen molar-refractivity contribution in [2.45, 2.75) is 44.4 Å². The van der Waals surface area contributed by atoms with E-state index in [1.165, 1.54) is 25.7 Å². The Morgan fingerprint density at radius 1 is 1.38 bits per heavy atom. The molecule has 0 aliphatic heterocycles. The molecule has 1 aliphatic carbocycles. The molecule has 4 nitrogen and oxygen atoms in total. The van der Waals surface area contributed by atoms with E-state index in [9.17, 15) is 0 Å². The van der Waals surface area contributed by atoms with Crippen LogP contribution in [0.25, 0.3) is 0 Å². The van der Waals surface area contributed by atoms with Gasteiger partial charge in [-0.15, -0.1) is 0 Å². The summed E-state index contributed by atoms with van der Waals surface area (Å²) in [5, 5.41) is 3.46. The first-order chi connectivity index (χ1) is 7.66. The van der Waals surface area contributed by atoms with E-state index in [2.05, 4.69) is 5.32 Å². The predicted molar refractivity (Wildman–Crippen MR) is 65.2 cm³/mol. The molecule has 0 bridgehead atoms. The Bertz CT molecular complexity index is 193. The molecule has 4 heteroatoms. The molecule has 1 saturated carbocycles. The Hall–Kier alpha value is -0.160. The zero-order chi connectivity index (χ0) is 12.0. The summed E-state index contributed by atoms with van der Waals surface area (Å²) < 4.78 is 10.6. The van der Waals surface area contributed by atoms with Crippen molar-refractivity contribution in [3.8, 4) is 0 Å². The van der Waals surface area contributed by atoms with Crippen LogP contribution in [-0.2, 0) is 9.47 Å². The molecule has 1 atom stereocenters. The Morgan fingerprint density at radius 3 is 2.44 bits per heavy atom. The maximum Gasteiger partial charge on any atom is 0.175 e. The molecular formula is C12H26N2O2. The van der Waals surface area contributed by atoms with E-state index in [0.29, 0.717) is 6.54 Å². The second kappa shape index (κ2) is 6.55. The average molecular weight is 230 g/mol. The van der Waals surface area contributed by atoms with Gasteiger partial charge in [-0.1, -0.05) is 12.8 Å². The van der Waals surface area contributed by atoms with Crippen molar-refractivity contribution in [3.63, 3.8) is 0 Å². The van der Waals surface area contributed by atoms with E-state index in [1.54, 1.807) is 14.2 Å². The lowest BCUT2D eigenvalue weighted by Gasteiger charge is -2.35. The van der Waals surface area contributed by atoms with Crippen LogP contribution >= 0.6 is 0 Å². The van der Waals surface area contributed by atoms with Gasteiger partial charge in [-0.25, -0.2) is 0 Å².